The van der Waals surface area contributed by atoms with Crippen molar-refractivity contribution in [2.24, 2.45) is 5.41 Å². The van der Waals surface area contributed by atoms with Crippen molar-refractivity contribution in [3.63, 3.8) is 0 Å². The standard InChI is InChI=1S/C44H33Cl4NO6/c45-34-18-10-30(11-19-34)43(54-52,31-12-20-35(46)21-13-31)27-42(28-44(55-53,32-14-22-36(47)23-15-32)33-16-24-37(48)25-17-33)40(50)38-8-4-5-9-39(38)49(41(42)51)26-29-6-2-1-3-7-29/h1-25,52-53H,26-28H2. The Balaban J connectivity index is 1.56. The summed E-state index contributed by atoms with van der Waals surface area (Å²) in [5.74, 6) is -1.19. The maximum absolute atomic E-state index is 15.9. The molecule has 0 saturated heterocycles. The van der Waals surface area contributed by atoms with Gasteiger partial charge in [0.1, 0.15) is 5.41 Å². The van der Waals surface area contributed by atoms with Crippen LogP contribution in [-0.2, 0) is 32.3 Å². The average molecular weight is 814 g/mol. The van der Waals surface area contributed by atoms with Crippen LogP contribution in [0.5, 0.6) is 0 Å². The third-order valence-electron chi connectivity index (χ3n) is 10.4. The van der Waals surface area contributed by atoms with Crippen LogP contribution in [0, 0.1) is 5.41 Å². The van der Waals surface area contributed by atoms with Gasteiger partial charge >= 0.3 is 0 Å². The lowest BCUT2D eigenvalue weighted by Gasteiger charge is -2.48. The average Bonchev–Trinajstić information content (AvgIpc) is 3.21. The fourth-order valence-corrected chi connectivity index (χ4v) is 8.17. The van der Waals surface area contributed by atoms with Crippen molar-refractivity contribution in [2.45, 2.75) is 30.6 Å². The van der Waals surface area contributed by atoms with E-state index in [-0.39, 0.29) is 12.1 Å². The molecule has 0 aromatic heterocycles. The van der Waals surface area contributed by atoms with Crippen LogP contribution in [0.1, 0.15) is 51.0 Å². The quantitative estimate of drug-likeness (QED) is 0.0726. The zero-order valence-electron chi connectivity index (χ0n) is 29.0. The molecule has 0 aliphatic carbocycles. The number of hydrogen-bond donors (Lipinski definition) is 2. The van der Waals surface area contributed by atoms with E-state index in [0.717, 1.165) is 5.56 Å². The largest absolute Gasteiger partial charge is 0.306 e. The highest BCUT2D eigenvalue weighted by Gasteiger charge is 2.62. The molecule has 0 fully saturated rings. The smallest absolute Gasteiger partial charge is 0.241 e. The first kappa shape index (κ1) is 38.7. The van der Waals surface area contributed by atoms with Crippen LogP contribution in [0.25, 0.3) is 0 Å². The van der Waals surface area contributed by atoms with Crippen molar-refractivity contribution in [1.29, 1.82) is 0 Å². The Hall–Kier alpha value is -4.54. The van der Waals surface area contributed by atoms with Gasteiger partial charge in [0, 0.05) is 38.5 Å². The van der Waals surface area contributed by atoms with Crippen LogP contribution in [0.15, 0.2) is 152 Å². The van der Waals surface area contributed by atoms with Gasteiger partial charge in [-0.3, -0.25) is 20.1 Å². The summed E-state index contributed by atoms with van der Waals surface area (Å²) in [6, 6.07) is 42.5. The van der Waals surface area contributed by atoms with Gasteiger partial charge in [-0.15, -0.1) is 0 Å². The van der Waals surface area contributed by atoms with Gasteiger partial charge < -0.3 is 4.90 Å². The molecule has 0 radical (unpaired) electrons. The molecule has 1 aliphatic rings. The van der Waals surface area contributed by atoms with E-state index in [1.54, 1.807) is 126 Å². The number of fused-ring (bicyclic) bond motifs is 1. The predicted molar refractivity (Wildman–Crippen MR) is 215 cm³/mol. The Bertz CT molecular complexity index is 2110. The summed E-state index contributed by atoms with van der Waals surface area (Å²) in [4.78, 5) is 44.3. The number of nitrogens with zero attached hydrogens (tertiary/aromatic N) is 1. The van der Waals surface area contributed by atoms with Gasteiger partial charge in [0.05, 0.1) is 12.2 Å². The third-order valence-corrected chi connectivity index (χ3v) is 11.4. The molecule has 55 heavy (non-hydrogen) atoms. The summed E-state index contributed by atoms with van der Waals surface area (Å²) in [5.41, 5.74) is -2.98. The maximum atomic E-state index is 15.9. The molecule has 7 rings (SSSR count). The van der Waals surface area contributed by atoms with Crippen molar-refractivity contribution in [2.75, 3.05) is 4.90 Å². The zero-order valence-corrected chi connectivity index (χ0v) is 32.1. The topological polar surface area (TPSA) is 96.3 Å². The van der Waals surface area contributed by atoms with Crippen LogP contribution >= 0.6 is 46.4 Å². The second-order valence-corrected chi connectivity index (χ2v) is 15.3. The molecule has 0 saturated carbocycles. The number of hydrogen-bond acceptors (Lipinski definition) is 6. The normalized spacial score (nSPS) is 14.2. The number of carbonyl (C=O) groups is 2. The molecule has 1 amide bonds. The molecular weight excluding hydrogens is 780 g/mol. The Kier molecular flexibility index (Phi) is 11.2. The number of para-hydroxylation sites is 1. The molecule has 11 heteroatoms. The fraction of sp³-hybridized carbons (Fsp3) is 0.136. The number of Topliss-reactive ketones (excluding diaryl/α,β-unsaturated/α-hetero) is 1. The SMILES string of the molecule is O=C1c2ccccc2N(Cc2ccccc2)C(=O)C1(CC(OO)(c1ccc(Cl)cc1)c1ccc(Cl)cc1)CC(OO)(c1ccc(Cl)cc1)c1ccc(Cl)cc1. The van der Waals surface area contributed by atoms with Gasteiger partial charge in [-0.1, -0.05) is 137 Å². The highest BCUT2D eigenvalue weighted by molar-refractivity contribution is 6.31. The highest BCUT2D eigenvalue weighted by Crippen LogP contribution is 2.55. The maximum Gasteiger partial charge on any atom is 0.241 e. The van der Waals surface area contributed by atoms with E-state index in [9.17, 15) is 10.5 Å². The van der Waals surface area contributed by atoms with E-state index < -0.39 is 41.1 Å². The number of carbonyl (C=O) groups excluding carboxylic acids is 2. The van der Waals surface area contributed by atoms with E-state index >= 15 is 9.59 Å². The van der Waals surface area contributed by atoms with Crippen LogP contribution in [0.4, 0.5) is 5.69 Å². The number of amides is 1. The summed E-state index contributed by atoms with van der Waals surface area (Å²) in [5, 5.41) is 24.2. The van der Waals surface area contributed by atoms with Crippen LogP contribution in [-0.4, -0.2) is 22.2 Å². The molecule has 0 unspecified atom stereocenters. The lowest BCUT2D eigenvalue weighted by molar-refractivity contribution is -0.331. The molecule has 0 atom stereocenters. The summed E-state index contributed by atoms with van der Waals surface area (Å²) < 4.78 is 0. The molecule has 1 aliphatic heterocycles. The highest BCUT2D eigenvalue weighted by atomic mass is 35.5. The van der Waals surface area contributed by atoms with E-state index in [1.165, 1.54) is 0 Å². The van der Waals surface area contributed by atoms with Crippen LogP contribution in [0.3, 0.4) is 0 Å². The minimum Gasteiger partial charge on any atom is -0.306 e. The van der Waals surface area contributed by atoms with Gasteiger partial charge in [0.15, 0.2) is 17.0 Å². The molecule has 6 aromatic carbocycles. The second-order valence-electron chi connectivity index (χ2n) is 13.5. The van der Waals surface area contributed by atoms with Crippen molar-refractivity contribution < 1.29 is 29.9 Å². The summed E-state index contributed by atoms with van der Waals surface area (Å²) in [6.07, 6.45) is -0.966. The molecular formula is C44H33Cl4NO6. The minimum absolute atomic E-state index is 0.0927. The van der Waals surface area contributed by atoms with Gasteiger partial charge in [0.25, 0.3) is 0 Å². The number of ketones is 1. The van der Waals surface area contributed by atoms with Crippen molar-refractivity contribution in [3.8, 4) is 0 Å². The van der Waals surface area contributed by atoms with Crippen molar-refractivity contribution >= 4 is 63.8 Å². The van der Waals surface area contributed by atoms with Crippen LogP contribution < -0.4 is 4.90 Å². The zero-order chi connectivity index (χ0) is 38.8. The molecule has 2 N–H and O–H groups in total. The third kappa shape index (κ3) is 7.19. The van der Waals surface area contributed by atoms with Crippen molar-refractivity contribution in [1.82, 2.24) is 0 Å². The summed E-state index contributed by atoms with van der Waals surface area (Å²) >= 11 is 25.4. The number of rotatable bonds is 12. The van der Waals surface area contributed by atoms with Gasteiger partial charge in [0.2, 0.25) is 5.91 Å². The van der Waals surface area contributed by atoms with Crippen molar-refractivity contribution in [3.05, 3.63) is 205 Å². The van der Waals surface area contributed by atoms with Crippen LogP contribution in [0.2, 0.25) is 20.1 Å². The number of halogens is 4. The van der Waals surface area contributed by atoms with E-state index in [0.29, 0.717) is 48.0 Å². The Labute approximate surface area is 338 Å². The Morgan fingerprint density at radius 2 is 0.873 bits per heavy atom. The molecule has 0 bridgehead atoms. The summed E-state index contributed by atoms with van der Waals surface area (Å²) in [7, 11) is 0. The summed E-state index contributed by atoms with van der Waals surface area (Å²) in [6.45, 7) is 0.0927. The first-order valence-electron chi connectivity index (χ1n) is 17.2. The molecule has 1 heterocycles. The lowest BCUT2D eigenvalue weighted by atomic mass is 9.60. The monoisotopic (exact) mass is 811 g/mol. The fourth-order valence-electron chi connectivity index (χ4n) is 7.66. The van der Waals surface area contributed by atoms with E-state index in [4.69, 9.17) is 56.2 Å². The first-order valence-corrected chi connectivity index (χ1v) is 18.8. The van der Waals surface area contributed by atoms with E-state index in [2.05, 4.69) is 0 Å². The van der Waals surface area contributed by atoms with E-state index in [1.807, 2.05) is 30.3 Å². The molecule has 6 aromatic rings. The Morgan fingerprint density at radius 3 is 1.25 bits per heavy atom. The Morgan fingerprint density at radius 1 is 0.509 bits per heavy atom. The van der Waals surface area contributed by atoms with Gasteiger partial charge in [-0.05, 0) is 88.5 Å². The molecule has 278 valence electrons. The number of benzene rings is 6. The van der Waals surface area contributed by atoms with Gasteiger partial charge in [-0.25, -0.2) is 9.78 Å². The molecule has 0 spiro atoms. The predicted octanol–water partition coefficient (Wildman–Crippen LogP) is 11.7. The molecule has 7 nitrogen and oxygen atoms in total. The lowest BCUT2D eigenvalue weighted by Crippen LogP contribution is -2.58. The minimum atomic E-state index is -2.15. The number of anilines is 1. The first-order chi connectivity index (χ1) is 26.5. The second kappa shape index (κ2) is 15.9. The van der Waals surface area contributed by atoms with Gasteiger partial charge in [-0.2, -0.15) is 0 Å².